The Balaban J connectivity index is 2.11. The first-order valence-electron chi connectivity index (χ1n) is 5.89. The highest BCUT2D eigenvalue weighted by Gasteiger charge is 2.10. The lowest BCUT2D eigenvalue weighted by Gasteiger charge is -2.19. The number of thiazole rings is 1. The van der Waals surface area contributed by atoms with E-state index in [-0.39, 0.29) is 5.54 Å². The minimum atomic E-state index is 0.113. The van der Waals surface area contributed by atoms with E-state index in [4.69, 9.17) is 11.6 Å². The maximum Gasteiger partial charge on any atom is 0.107 e. The fourth-order valence-electron chi connectivity index (χ4n) is 1.51. The third-order valence-electron chi connectivity index (χ3n) is 2.44. The van der Waals surface area contributed by atoms with Gasteiger partial charge in [0.2, 0.25) is 0 Å². The van der Waals surface area contributed by atoms with Crippen LogP contribution >= 0.6 is 22.9 Å². The van der Waals surface area contributed by atoms with Gasteiger partial charge in [-0.05, 0) is 32.9 Å². The fourth-order valence-corrected chi connectivity index (χ4v) is 2.45. The van der Waals surface area contributed by atoms with Crippen LogP contribution in [0.25, 0.3) is 11.3 Å². The Bertz CT molecular complexity index is 529. The molecule has 0 bridgehead atoms. The molecule has 0 unspecified atom stereocenters. The molecule has 4 heteroatoms. The van der Waals surface area contributed by atoms with Crippen molar-refractivity contribution in [2.45, 2.75) is 32.9 Å². The first kappa shape index (κ1) is 13.5. The molecule has 0 saturated heterocycles. The van der Waals surface area contributed by atoms with E-state index in [2.05, 4.69) is 36.5 Å². The van der Waals surface area contributed by atoms with Gasteiger partial charge >= 0.3 is 0 Å². The normalized spacial score (nSPS) is 11.8. The summed E-state index contributed by atoms with van der Waals surface area (Å²) in [6.07, 6.45) is 0. The van der Waals surface area contributed by atoms with Gasteiger partial charge in [-0.1, -0.05) is 23.7 Å². The summed E-state index contributed by atoms with van der Waals surface area (Å²) in [6, 6.07) is 7.79. The minimum absolute atomic E-state index is 0.113. The first-order chi connectivity index (χ1) is 8.44. The lowest BCUT2D eigenvalue weighted by molar-refractivity contribution is 0.424. The molecule has 1 N–H and O–H groups in total. The zero-order valence-electron chi connectivity index (χ0n) is 10.8. The number of aromatic nitrogens is 1. The summed E-state index contributed by atoms with van der Waals surface area (Å²) in [6.45, 7) is 7.25. The summed E-state index contributed by atoms with van der Waals surface area (Å²) in [4.78, 5) is 4.62. The van der Waals surface area contributed by atoms with Gasteiger partial charge in [-0.25, -0.2) is 4.98 Å². The van der Waals surface area contributed by atoms with Crippen LogP contribution in [0.1, 0.15) is 25.8 Å². The zero-order valence-corrected chi connectivity index (χ0v) is 12.4. The van der Waals surface area contributed by atoms with E-state index in [1.54, 1.807) is 11.3 Å². The Kier molecular flexibility index (Phi) is 4.05. The third-order valence-corrected chi connectivity index (χ3v) is 3.53. The van der Waals surface area contributed by atoms with E-state index in [1.165, 1.54) is 0 Å². The van der Waals surface area contributed by atoms with E-state index in [0.717, 1.165) is 27.8 Å². The van der Waals surface area contributed by atoms with Crippen molar-refractivity contribution < 1.29 is 0 Å². The molecule has 96 valence electrons. The molecule has 2 nitrogen and oxygen atoms in total. The Morgan fingerprint density at radius 3 is 2.78 bits per heavy atom. The maximum absolute atomic E-state index is 5.99. The van der Waals surface area contributed by atoms with Crippen LogP contribution in [0.15, 0.2) is 29.6 Å². The quantitative estimate of drug-likeness (QED) is 0.904. The van der Waals surface area contributed by atoms with Gasteiger partial charge in [0.1, 0.15) is 5.01 Å². The van der Waals surface area contributed by atoms with Gasteiger partial charge in [-0.2, -0.15) is 0 Å². The Morgan fingerprint density at radius 2 is 2.11 bits per heavy atom. The summed E-state index contributed by atoms with van der Waals surface area (Å²) in [7, 11) is 0. The molecule has 0 spiro atoms. The van der Waals surface area contributed by atoms with Gasteiger partial charge in [-0.15, -0.1) is 11.3 Å². The maximum atomic E-state index is 5.99. The molecule has 1 aromatic carbocycles. The summed E-state index contributed by atoms with van der Waals surface area (Å²) >= 11 is 7.66. The molecule has 1 heterocycles. The first-order valence-corrected chi connectivity index (χ1v) is 7.15. The van der Waals surface area contributed by atoms with Crippen LogP contribution in [0.2, 0.25) is 5.02 Å². The molecular formula is C14H17ClN2S. The monoisotopic (exact) mass is 280 g/mol. The van der Waals surface area contributed by atoms with Crippen LogP contribution in [-0.4, -0.2) is 10.5 Å². The average molecular weight is 281 g/mol. The SMILES string of the molecule is CC(C)(C)NCc1nc(-c2cccc(Cl)c2)cs1. The lowest BCUT2D eigenvalue weighted by atomic mass is 10.1. The van der Waals surface area contributed by atoms with Crippen LogP contribution in [0.3, 0.4) is 0 Å². The number of halogens is 1. The zero-order chi connectivity index (χ0) is 13.2. The molecule has 0 aliphatic heterocycles. The molecule has 0 fully saturated rings. The molecule has 18 heavy (non-hydrogen) atoms. The standard InChI is InChI=1S/C14H17ClN2S/c1-14(2,3)16-8-13-17-12(9-18-13)10-5-4-6-11(15)7-10/h4-7,9,16H,8H2,1-3H3. The van der Waals surface area contributed by atoms with E-state index >= 15 is 0 Å². The second-order valence-corrected chi connectivity index (χ2v) is 6.62. The van der Waals surface area contributed by atoms with Crippen molar-refractivity contribution in [1.29, 1.82) is 0 Å². The van der Waals surface area contributed by atoms with Gasteiger partial charge in [-0.3, -0.25) is 0 Å². The molecule has 0 atom stereocenters. The topological polar surface area (TPSA) is 24.9 Å². The van der Waals surface area contributed by atoms with E-state index in [0.29, 0.717) is 0 Å². The van der Waals surface area contributed by atoms with Crippen LogP contribution < -0.4 is 5.32 Å². The van der Waals surface area contributed by atoms with Crippen molar-refractivity contribution in [3.63, 3.8) is 0 Å². The predicted molar refractivity (Wildman–Crippen MR) is 79.2 cm³/mol. The summed E-state index contributed by atoms with van der Waals surface area (Å²) in [5.74, 6) is 0. The number of hydrogen-bond acceptors (Lipinski definition) is 3. The number of hydrogen-bond donors (Lipinski definition) is 1. The lowest BCUT2D eigenvalue weighted by Crippen LogP contribution is -2.34. The molecule has 0 amide bonds. The molecule has 2 rings (SSSR count). The van der Waals surface area contributed by atoms with Crippen molar-refractivity contribution in [1.82, 2.24) is 10.3 Å². The second kappa shape index (κ2) is 5.39. The Labute approximate surface area is 117 Å². The van der Waals surface area contributed by atoms with Crippen LogP contribution in [0.5, 0.6) is 0 Å². The van der Waals surface area contributed by atoms with Crippen molar-refractivity contribution in [3.05, 3.63) is 39.7 Å². The Hall–Kier alpha value is -0.900. The van der Waals surface area contributed by atoms with E-state index in [9.17, 15) is 0 Å². The van der Waals surface area contributed by atoms with Crippen molar-refractivity contribution >= 4 is 22.9 Å². The fraction of sp³-hybridized carbons (Fsp3) is 0.357. The van der Waals surface area contributed by atoms with Crippen molar-refractivity contribution in [3.8, 4) is 11.3 Å². The van der Waals surface area contributed by atoms with Gasteiger partial charge in [0.15, 0.2) is 0 Å². The molecule has 0 radical (unpaired) electrons. The number of rotatable bonds is 3. The van der Waals surface area contributed by atoms with E-state index < -0.39 is 0 Å². The van der Waals surface area contributed by atoms with Gasteiger partial charge in [0, 0.05) is 28.0 Å². The van der Waals surface area contributed by atoms with Gasteiger partial charge in [0.05, 0.1) is 5.69 Å². The van der Waals surface area contributed by atoms with Crippen LogP contribution in [0, 0.1) is 0 Å². The highest BCUT2D eigenvalue weighted by atomic mass is 35.5. The van der Waals surface area contributed by atoms with E-state index in [1.807, 2.05) is 24.3 Å². The summed E-state index contributed by atoms with van der Waals surface area (Å²) in [5, 5.41) is 7.35. The number of nitrogens with zero attached hydrogens (tertiary/aromatic N) is 1. The third kappa shape index (κ3) is 3.80. The smallest absolute Gasteiger partial charge is 0.107 e. The second-order valence-electron chi connectivity index (χ2n) is 5.24. The molecule has 0 aliphatic carbocycles. The van der Waals surface area contributed by atoms with Crippen molar-refractivity contribution in [2.24, 2.45) is 0 Å². The molecule has 0 saturated carbocycles. The highest BCUT2D eigenvalue weighted by Crippen LogP contribution is 2.24. The van der Waals surface area contributed by atoms with Crippen LogP contribution in [-0.2, 0) is 6.54 Å². The van der Waals surface area contributed by atoms with Crippen molar-refractivity contribution in [2.75, 3.05) is 0 Å². The van der Waals surface area contributed by atoms with Gasteiger partial charge in [0.25, 0.3) is 0 Å². The molecule has 2 aromatic rings. The minimum Gasteiger partial charge on any atom is -0.306 e. The summed E-state index contributed by atoms with van der Waals surface area (Å²) < 4.78 is 0. The Morgan fingerprint density at radius 1 is 1.33 bits per heavy atom. The largest absolute Gasteiger partial charge is 0.306 e. The summed E-state index contributed by atoms with van der Waals surface area (Å²) in [5.41, 5.74) is 2.18. The van der Waals surface area contributed by atoms with Crippen LogP contribution in [0.4, 0.5) is 0 Å². The highest BCUT2D eigenvalue weighted by molar-refractivity contribution is 7.09. The van der Waals surface area contributed by atoms with Gasteiger partial charge < -0.3 is 5.32 Å². The molecule has 0 aliphatic rings. The number of nitrogens with one attached hydrogen (secondary N) is 1. The molecule has 1 aromatic heterocycles. The number of benzene rings is 1. The molecular weight excluding hydrogens is 264 g/mol. The average Bonchev–Trinajstić information content (AvgIpc) is 2.74. The predicted octanol–water partition coefficient (Wildman–Crippen LogP) is 4.35.